The summed E-state index contributed by atoms with van der Waals surface area (Å²) >= 11 is 0. The molecule has 0 aromatic heterocycles. The maximum atomic E-state index is 10.7. The third-order valence-electron chi connectivity index (χ3n) is 6.96. The smallest absolute Gasteiger partial charge is 0.165 e. The van der Waals surface area contributed by atoms with Gasteiger partial charge in [0.05, 0.1) is 6.04 Å². The van der Waals surface area contributed by atoms with E-state index in [-0.39, 0.29) is 18.2 Å². The molecule has 0 aliphatic carbocycles. The van der Waals surface area contributed by atoms with E-state index in [9.17, 15) is 5.11 Å². The van der Waals surface area contributed by atoms with Crippen LogP contribution in [0.4, 0.5) is 0 Å². The summed E-state index contributed by atoms with van der Waals surface area (Å²) in [5.74, 6) is 1.55. The van der Waals surface area contributed by atoms with Crippen molar-refractivity contribution in [2.45, 2.75) is 38.0 Å². The molecule has 1 atom stereocenters. The topological polar surface area (TPSA) is 45.2 Å². The number of fused-ring (bicyclic) bond motifs is 1. The summed E-state index contributed by atoms with van der Waals surface area (Å²) in [6, 6.07) is 27.8. The molecule has 2 heterocycles. The Morgan fingerprint density at radius 1 is 0.857 bits per heavy atom. The number of β-amino-alcohol motifs (C(OH)–C–C–N with tert-alkyl or cyclic N) is 1. The first-order valence-corrected chi connectivity index (χ1v) is 12.7. The number of hydrogen-bond acceptors (Lipinski definition) is 5. The van der Waals surface area contributed by atoms with Crippen LogP contribution in [0.15, 0.2) is 78.9 Å². The molecule has 1 unspecified atom stereocenters. The minimum atomic E-state index is -0.550. The van der Waals surface area contributed by atoms with Gasteiger partial charge in [-0.25, -0.2) is 0 Å². The lowest BCUT2D eigenvalue weighted by molar-refractivity contribution is 0.0387. The normalized spacial score (nSPS) is 18.7. The minimum absolute atomic E-state index is 0.211. The van der Waals surface area contributed by atoms with Gasteiger partial charge in [0.2, 0.25) is 0 Å². The van der Waals surface area contributed by atoms with Gasteiger partial charge in [-0.2, -0.15) is 0 Å². The first-order chi connectivity index (χ1) is 17.0. The molecule has 5 nitrogen and oxygen atoms in total. The summed E-state index contributed by atoms with van der Waals surface area (Å²) in [4.78, 5) is 4.89. The number of nitrogens with zero attached hydrogens (tertiary/aromatic N) is 2. The molecule has 5 heteroatoms. The molecule has 1 fully saturated rings. The Hall–Kier alpha value is -2.86. The second-order valence-corrected chi connectivity index (χ2v) is 10.3. The minimum Gasteiger partial charge on any atom is -0.487 e. The van der Waals surface area contributed by atoms with Crippen LogP contribution in [0.5, 0.6) is 11.5 Å². The summed E-state index contributed by atoms with van der Waals surface area (Å²) in [6.45, 7) is 8.80. The van der Waals surface area contributed by atoms with Crippen LogP contribution in [0.2, 0.25) is 0 Å². The number of aliphatic hydroxyl groups is 1. The molecule has 0 radical (unpaired) electrons. The third kappa shape index (κ3) is 5.69. The van der Waals surface area contributed by atoms with Crippen molar-refractivity contribution < 1.29 is 14.6 Å². The fourth-order valence-corrected chi connectivity index (χ4v) is 5.33. The molecule has 0 spiro atoms. The van der Waals surface area contributed by atoms with Crippen molar-refractivity contribution in [1.29, 1.82) is 0 Å². The van der Waals surface area contributed by atoms with E-state index in [1.54, 1.807) is 0 Å². The predicted molar refractivity (Wildman–Crippen MR) is 139 cm³/mol. The van der Waals surface area contributed by atoms with Crippen molar-refractivity contribution in [2.75, 3.05) is 39.3 Å². The maximum Gasteiger partial charge on any atom is 0.165 e. The highest BCUT2D eigenvalue weighted by Gasteiger charge is 2.32. The molecule has 184 valence electrons. The zero-order valence-electron chi connectivity index (χ0n) is 20.8. The average molecular weight is 473 g/mol. The fraction of sp³-hybridized carbons (Fsp3) is 0.400. The van der Waals surface area contributed by atoms with Crippen LogP contribution < -0.4 is 9.47 Å². The maximum absolute atomic E-state index is 10.7. The van der Waals surface area contributed by atoms with Crippen molar-refractivity contribution >= 4 is 0 Å². The van der Waals surface area contributed by atoms with Crippen molar-refractivity contribution in [3.63, 3.8) is 0 Å². The van der Waals surface area contributed by atoms with E-state index in [4.69, 9.17) is 9.47 Å². The van der Waals surface area contributed by atoms with E-state index in [0.717, 1.165) is 44.1 Å². The molecule has 0 saturated carbocycles. The first-order valence-electron chi connectivity index (χ1n) is 12.7. The number of ether oxygens (including phenoxy) is 2. The Morgan fingerprint density at radius 3 is 2.11 bits per heavy atom. The first kappa shape index (κ1) is 23.9. The molecular weight excluding hydrogens is 436 g/mol. The van der Waals surface area contributed by atoms with Crippen molar-refractivity contribution in [2.24, 2.45) is 0 Å². The van der Waals surface area contributed by atoms with Gasteiger partial charge in [0.15, 0.2) is 11.5 Å². The fourth-order valence-electron chi connectivity index (χ4n) is 5.33. The molecule has 1 N–H and O–H groups in total. The van der Waals surface area contributed by atoms with Crippen LogP contribution in [-0.2, 0) is 6.42 Å². The Morgan fingerprint density at radius 2 is 1.49 bits per heavy atom. The van der Waals surface area contributed by atoms with E-state index in [1.165, 1.54) is 16.7 Å². The Balaban J connectivity index is 1.16. The summed E-state index contributed by atoms with van der Waals surface area (Å²) in [5.41, 5.74) is 3.60. The second-order valence-electron chi connectivity index (χ2n) is 10.3. The second kappa shape index (κ2) is 10.4. The molecule has 2 aliphatic rings. The number of benzene rings is 3. The van der Waals surface area contributed by atoms with Gasteiger partial charge in [-0.15, -0.1) is 0 Å². The van der Waals surface area contributed by atoms with Gasteiger partial charge < -0.3 is 14.6 Å². The largest absolute Gasteiger partial charge is 0.487 e. The average Bonchev–Trinajstić information content (AvgIpc) is 3.20. The standard InChI is InChI=1S/C30H36N2O3/c1-30(2)20-25-14-9-15-27(29(25)35-30)34-22-26(33)21-31-16-18-32(19-17-31)28(23-10-5-3-6-11-23)24-12-7-4-8-13-24/h3-15,26,28,33H,16-22H2,1-2H3. The van der Waals surface area contributed by atoms with E-state index >= 15 is 0 Å². The van der Waals surface area contributed by atoms with Crippen LogP contribution in [0.1, 0.15) is 36.6 Å². The lowest BCUT2D eigenvalue weighted by Gasteiger charge is -2.40. The molecule has 2 aliphatic heterocycles. The van der Waals surface area contributed by atoms with Gasteiger partial charge >= 0.3 is 0 Å². The monoisotopic (exact) mass is 472 g/mol. The molecule has 5 rings (SSSR count). The van der Waals surface area contributed by atoms with Crippen LogP contribution >= 0.6 is 0 Å². The van der Waals surface area contributed by atoms with Crippen molar-refractivity contribution in [3.8, 4) is 11.5 Å². The van der Waals surface area contributed by atoms with Crippen LogP contribution in [0.3, 0.4) is 0 Å². The van der Waals surface area contributed by atoms with E-state index in [1.807, 2.05) is 12.1 Å². The lowest BCUT2D eigenvalue weighted by atomic mass is 9.96. The molecule has 3 aromatic rings. The van der Waals surface area contributed by atoms with Gasteiger partial charge in [0, 0.05) is 44.7 Å². The van der Waals surface area contributed by atoms with Crippen LogP contribution in [-0.4, -0.2) is 65.9 Å². The van der Waals surface area contributed by atoms with Crippen molar-refractivity contribution in [3.05, 3.63) is 95.6 Å². The number of rotatable bonds is 8. The summed E-state index contributed by atoms with van der Waals surface area (Å²) < 4.78 is 12.1. The Labute approximate surface area is 208 Å². The number of para-hydroxylation sites is 1. The van der Waals surface area contributed by atoms with Gasteiger partial charge in [-0.3, -0.25) is 9.80 Å². The van der Waals surface area contributed by atoms with E-state index < -0.39 is 6.10 Å². The Bertz CT molecular complexity index is 1060. The Kier molecular flexibility index (Phi) is 7.09. The molecule has 3 aromatic carbocycles. The third-order valence-corrected chi connectivity index (χ3v) is 6.96. The lowest BCUT2D eigenvalue weighted by Crippen LogP contribution is -2.50. The van der Waals surface area contributed by atoms with E-state index in [2.05, 4.69) is 90.4 Å². The molecule has 0 amide bonds. The predicted octanol–water partition coefficient (Wildman–Crippen LogP) is 4.55. The highest BCUT2D eigenvalue weighted by atomic mass is 16.5. The molecule has 1 saturated heterocycles. The van der Waals surface area contributed by atoms with E-state index in [0.29, 0.717) is 6.54 Å². The van der Waals surface area contributed by atoms with Gasteiger partial charge in [-0.1, -0.05) is 72.8 Å². The zero-order valence-corrected chi connectivity index (χ0v) is 20.8. The highest BCUT2D eigenvalue weighted by Crippen LogP contribution is 2.41. The SMILES string of the molecule is CC1(C)Cc2cccc(OCC(O)CN3CCN(C(c4ccccc4)c4ccccc4)CC3)c2O1. The van der Waals surface area contributed by atoms with Crippen LogP contribution in [0, 0.1) is 0 Å². The summed E-state index contributed by atoms with van der Waals surface area (Å²) in [5, 5.41) is 10.7. The molecule has 0 bridgehead atoms. The van der Waals surface area contributed by atoms with Crippen molar-refractivity contribution in [1.82, 2.24) is 9.80 Å². The van der Waals surface area contributed by atoms with Gasteiger partial charge in [-0.05, 0) is 31.0 Å². The highest BCUT2D eigenvalue weighted by molar-refractivity contribution is 5.50. The van der Waals surface area contributed by atoms with Gasteiger partial charge in [0.1, 0.15) is 18.3 Å². The summed E-state index contributed by atoms with van der Waals surface area (Å²) in [7, 11) is 0. The molecular formula is C30H36N2O3. The van der Waals surface area contributed by atoms with Gasteiger partial charge in [0.25, 0.3) is 0 Å². The number of aliphatic hydroxyl groups excluding tert-OH is 1. The number of piperazine rings is 1. The van der Waals surface area contributed by atoms with Crippen LogP contribution in [0.25, 0.3) is 0 Å². The molecule has 35 heavy (non-hydrogen) atoms. The zero-order chi connectivity index (χ0) is 24.3. The number of hydrogen-bond donors (Lipinski definition) is 1. The quantitative estimate of drug-likeness (QED) is 0.521. The summed E-state index contributed by atoms with van der Waals surface area (Å²) in [6.07, 6.45) is 0.324.